The molecule has 0 aromatic heterocycles. The molecule has 0 bridgehead atoms. The van der Waals surface area contributed by atoms with Crippen molar-refractivity contribution in [3.63, 3.8) is 0 Å². The fourth-order valence-corrected chi connectivity index (χ4v) is 3.57. The van der Waals surface area contributed by atoms with Gasteiger partial charge in [-0.25, -0.2) is 0 Å². The number of hydrogen-bond donors (Lipinski definition) is 1. The Hall–Kier alpha value is -2.08. The minimum absolute atomic E-state index is 0.0624. The molecule has 2 saturated heterocycles. The summed E-state index contributed by atoms with van der Waals surface area (Å²) < 4.78 is 5.83. The standard InChI is InChI=1S/C20H29N3O3/c1-2-3-14-26-18-9-5-4-8-16(18)19(24)23-13-10-21-15-17(23)20(25)22-11-6-7-12-22/h4-5,8-9,17,21H,2-3,6-7,10-15H2,1H3/t17-/m1/s1. The van der Waals surface area contributed by atoms with Gasteiger partial charge in [-0.2, -0.15) is 0 Å². The van der Waals surface area contributed by atoms with Crippen LogP contribution in [0.25, 0.3) is 0 Å². The minimum atomic E-state index is -0.432. The number of nitrogens with one attached hydrogen (secondary N) is 1. The molecule has 1 aromatic carbocycles. The van der Waals surface area contributed by atoms with Crippen molar-refractivity contribution in [2.45, 2.75) is 38.6 Å². The molecule has 142 valence electrons. The lowest BCUT2D eigenvalue weighted by Crippen LogP contribution is -2.59. The van der Waals surface area contributed by atoms with Crippen molar-refractivity contribution in [2.75, 3.05) is 39.3 Å². The third kappa shape index (κ3) is 4.18. The summed E-state index contributed by atoms with van der Waals surface area (Å²) in [5, 5.41) is 3.26. The number of piperazine rings is 1. The summed E-state index contributed by atoms with van der Waals surface area (Å²) in [5.74, 6) is 0.556. The highest BCUT2D eigenvalue weighted by Crippen LogP contribution is 2.23. The van der Waals surface area contributed by atoms with Crippen LogP contribution in [0.15, 0.2) is 24.3 Å². The first kappa shape index (κ1) is 18.7. The van der Waals surface area contributed by atoms with Gasteiger partial charge < -0.3 is 19.9 Å². The lowest BCUT2D eigenvalue weighted by Gasteiger charge is -2.37. The Kier molecular flexibility index (Phi) is 6.50. The molecule has 0 aliphatic carbocycles. The zero-order chi connectivity index (χ0) is 18.4. The molecule has 6 heteroatoms. The Morgan fingerprint density at radius 2 is 1.96 bits per heavy atom. The lowest BCUT2D eigenvalue weighted by atomic mass is 10.1. The Balaban J connectivity index is 1.77. The number of carbonyl (C=O) groups excluding carboxylic acids is 2. The van der Waals surface area contributed by atoms with Gasteiger partial charge in [-0.3, -0.25) is 9.59 Å². The number of benzene rings is 1. The van der Waals surface area contributed by atoms with E-state index in [2.05, 4.69) is 12.2 Å². The van der Waals surface area contributed by atoms with E-state index < -0.39 is 6.04 Å². The van der Waals surface area contributed by atoms with E-state index >= 15 is 0 Å². The number of carbonyl (C=O) groups is 2. The second-order valence-corrected chi connectivity index (χ2v) is 6.95. The van der Waals surface area contributed by atoms with Crippen LogP contribution in [0, 0.1) is 0 Å². The molecule has 3 rings (SSSR count). The summed E-state index contributed by atoms with van der Waals surface area (Å²) in [5.41, 5.74) is 0.546. The van der Waals surface area contributed by atoms with Gasteiger partial charge in [0.2, 0.25) is 5.91 Å². The maximum Gasteiger partial charge on any atom is 0.258 e. The molecule has 26 heavy (non-hydrogen) atoms. The zero-order valence-electron chi connectivity index (χ0n) is 15.6. The van der Waals surface area contributed by atoms with Crippen molar-refractivity contribution >= 4 is 11.8 Å². The summed E-state index contributed by atoms with van der Waals surface area (Å²) in [6.07, 6.45) is 4.09. The van der Waals surface area contributed by atoms with Gasteiger partial charge in [0.15, 0.2) is 0 Å². The van der Waals surface area contributed by atoms with Gasteiger partial charge in [-0.15, -0.1) is 0 Å². The van der Waals surface area contributed by atoms with E-state index in [1.165, 1.54) is 0 Å². The summed E-state index contributed by atoms with van der Waals surface area (Å²) in [7, 11) is 0. The molecule has 1 atom stereocenters. The predicted molar refractivity (Wildman–Crippen MR) is 100 cm³/mol. The van der Waals surface area contributed by atoms with Crippen LogP contribution in [0.4, 0.5) is 0 Å². The van der Waals surface area contributed by atoms with Crippen LogP contribution >= 0.6 is 0 Å². The smallest absolute Gasteiger partial charge is 0.258 e. The van der Waals surface area contributed by atoms with E-state index in [-0.39, 0.29) is 11.8 Å². The quantitative estimate of drug-likeness (QED) is 0.788. The van der Waals surface area contributed by atoms with Crippen molar-refractivity contribution in [1.29, 1.82) is 0 Å². The van der Waals surface area contributed by atoms with Gasteiger partial charge in [0.1, 0.15) is 11.8 Å². The van der Waals surface area contributed by atoms with Crippen molar-refractivity contribution in [2.24, 2.45) is 0 Å². The third-order valence-electron chi connectivity index (χ3n) is 5.08. The van der Waals surface area contributed by atoms with E-state index in [9.17, 15) is 9.59 Å². The van der Waals surface area contributed by atoms with E-state index in [1.807, 2.05) is 23.1 Å². The largest absolute Gasteiger partial charge is 0.493 e. The number of nitrogens with zero attached hydrogens (tertiary/aromatic N) is 2. The van der Waals surface area contributed by atoms with Gasteiger partial charge in [-0.1, -0.05) is 25.5 Å². The zero-order valence-corrected chi connectivity index (χ0v) is 15.6. The van der Waals surface area contributed by atoms with Gasteiger partial charge in [0.05, 0.1) is 12.2 Å². The Morgan fingerprint density at radius 1 is 1.19 bits per heavy atom. The molecule has 1 N–H and O–H groups in total. The normalized spacial score (nSPS) is 20.3. The number of likely N-dealkylation sites (tertiary alicyclic amines) is 1. The molecular weight excluding hydrogens is 330 g/mol. The predicted octanol–water partition coefficient (Wildman–Crippen LogP) is 1.90. The number of ether oxygens (including phenoxy) is 1. The van der Waals surface area contributed by atoms with Crippen LogP contribution in [-0.2, 0) is 4.79 Å². The SMILES string of the molecule is CCCCOc1ccccc1C(=O)N1CCNC[C@@H]1C(=O)N1CCCC1. The number of rotatable bonds is 6. The average molecular weight is 359 g/mol. The fourth-order valence-electron chi connectivity index (χ4n) is 3.57. The van der Waals surface area contributed by atoms with Crippen LogP contribution < -0.4 is 10.1 Å². The molecule has 0 spiro atoms. The van der Waals surface area contributed by atoms with Gasteiger partial charge in [0, 0.05) is 32.7 Å². The highest BCUT2D eigenvalue weighted by atomic mass is 16.5. The Morgan fingerprint density at radius 3 is 2.73 bits per heavy atom. The van der Waals surface area contributed by atoms with Crippen molar-refractivity contribution < 1.29 is 14.3 Å². The first-order chi connectivity index (χ1) is 12.7. The van der Waals surface area contributed by atoms with Crippen molar-refractivity contribution in [1.82, 2.24) is 15.1 Å². The summed E-state index contributed by atoms with van der Waals surface area (Å²) in [6, 6.07) is 6.92. The molecular formula is C20H29N3O3. The summed E-state index contributed by atoms with van der Waals surface area (Å²) in [4.78, 5) is 29.7. The van der Waals surface area contributed by atoms with E-state index in [0.717, 1.165) is 38.8 Å². The summed E-state index contributed by atoms with van der Waals surface area (Å²) >= 11 is 0. The first-order valence-corrected chi connectivity index (χ1v) is 9.74. The highest BCUT2D eigenvalue weighted by Gasteiger charge is 2.36. The number of unbranched alkanes of at least 4 members (excludes halogenated alkanes) is 1. The highest BCUT2D eigenvalue weighted by molar-refractivity contribution is 6.00. The number of para-hydroxylation sites is 1. The molecule has 1 aromatic rings. The molecule has 0 unspecified atom stereocenters. The van der Waals surface area contributed by atoms with Gasteiger partial charge >= 0.3 is 0 Å². The molecule has 2 amide bonds. The molecule has 6 nitrogen and oxygen atoms in total. The third-order valence-corrected chi connectivity index (χ3v) is 5.08. The van der Waals surface area contributed by atoms with Crippen LogP contribution in [0.1, 0.15) is 43.0 Å². The Labute approximate surface area is 155 Å². The van der Waals surface area contributed by atoms with Crippen LogP contribution in [0.3, 0.4) is 0 Å². The van der Waals surface area contributed by atoms with Crippen LogP contribution in [0.5, 0.6) is 5.75 Å². The van der Waals surface area contributed by atoms with Crippen LogP contribution in [-0.4, -0.2) is 67.0 Å². The Bertz CT molecular complexity index is 628. The lowest BCUT2D eigenvalue weighted by molar-refractivity contribution is -0.135. The van der Waals surface area contributed by atoms with Crippen molar-refractivity contribution in [3.8, 4) is 5.75 Å². The van der Waals surface area contributed by atoms with Gasteiger partial charge in [-0.05, 0) is 31.4 Å². The first-order valence-electron chi connectivity index (χ1n) is 9.74. The monoisotopic (exact) mass is 359 g/mol. The number of amides is 2. The topological polar surface area (TPSA) is 61.9 Å². The maximum atomic E-state index is 13.2. The molecule has 2 aliphatic rings. The maximum absolute atomic E-state index is 13.2. The summed E-state index contributed by atoms with van der Waals surface area (Å²) in [6.45, 7) is 6.05. The molecule has 0 saturated carbocycles. The molecule has 0 radical (unpaired) electrons. The van der Waals surface area contributed by atoms with Crippen LogP contribution in [0.2, 0.25) is 0 Å². The molecule has 2 aliphatic heterocycles. The van der Waals surface area contributed by atoms with Gasteiger partial charge in [0.25, 0.3) is 5.91 Å². The second kappa shape index (κ2) is 9.03. The molecule has 2 heterocycles. The second-order valence-electron chi connectivity index (χ2n) is 6.95. The van der Waals surface area contributed by atoms with E-state index in [4.69, 9.17) is 4.74 Å². The van der Waals surface area contributed by atoms with E-state index in [1.54, 1.807) is 11.0 Å². The average Bonchev–Trinajstić information content (AvgIpc) is 3.22. The molecule has 2 fully saturated rings. The van der Waals surface area contributed by atoms with E-state index in [0.29, 0.717) is 37.6 Å². The fraction of sp³-hybridized carbons (Fsp3) is 0.600. The minimum Gasteiger partial charge on any atom is -0.493 e. The van der Waals surface area contributed by atoms with Crippen molar-refractivity contribution in [3.05, 3.63) is 29.8 Å². The number of hydrogen-bond acceptors (Lipinski definition) is 4.